The van der Waals surface area contributed by atoms with Crippen molar-refractivity contribution in [3.05, 3.63) is 71.1 Å². The molecule has 1 unspecified atom stereocenters. The van der Waals surface area contributed by atoms with Gasteiger partial charge >= 0.3 is 5.97 Å². The van der Waals surface area contributed by atoms with E-state index in [0.29, 0.717) is 24.7 Å². The zero-order valence-electron chi connectivity index (χ0n) is 21.7. The number of aromatic nitrogens is 1. The second-order valence-corrected chi connectivity index (χ2v) is 9.65. The fourth-order valence-electron chi connectivity index (χ4n) is 5.18. The van der Waals surface area contributed by atoms with E-state index in [1.165, 1.54) is 12.8 Å². The highest BCUT2D eigenvalue weighted by Crippen LogP contribution is 2.37. The van der Waals surface area contributed by atoms with Crippen molar-refractivity contribution < 1.29 is 19.1 Å². The summed E-state index contributed by atoms with van der Waals surface area (Å²) < 4.78 is 11.9. The molecule has 0 radical (unpaired) electrons. The predicted molar refractivity (Wildman–Crippen MR) is 141 cm³/mol. The molecule has 0 amide bonds. The van der Waals surface area contributed by atoms with Crippen LogP contribution in [0.2, 0.25) is 0 Å². The maximum Gasteiger partial charge on any atom is 0.325 e. The lowest BCUT2D eigenvalue weighted by molar-refractivity contribution is -0.145. The van der Waals surface area contributed by atoms with Crippen LogP contribution in [-0.4, -0.2) is 40.2 Å². The van der Waals surface area contributed by atoms with Gasteiger partial charge in [-0.3, -0.25) is 9.69 Å². The number of aliphatic carboxylic acids is 1. The Morgan fingerprint density at radius 2 is 1.94 bits per heavy atom. The van der Waals surface area contributed by atoms with Crippen LogP contribution in [0.5, 0.6) is 5.75 Å². The first-order valence-corrected chi connectivity index (χ1v) is 13.3. The zero-order chi connectivity index (χ0) is 25.5. The largest absolute Gasteiger partial charge is 0.493 e. The Morgan fingerprint density at radius 3 is 2.67 bits per heavy atom. The topological polar surface area (TPSA) is 75.8 Å². The third kappa shape index (κ3) is 5.98. The average molecular weight is 491 g/mol. The summed E-state index contributed by atoms with van der Waals surface area (Å²) in [5.41, 5.74) is 3.81. The van der Waals surface area contributed by atoms with E-state index in [1.807, 2.05) is 55.5 Å². The number of ether oxygens (including phenoxy) is 1. The number of hydrogen-bond donors (Lipinski definition) is 1. The Morgan fingerprint density at radius 1 is 1.14 bits per heavy atom. The van der Waals surface area contributed by atoms with Crippen LogP contribution < -0.4 is 4.74 Å². The summed E-state index contributed by atoms with van der Waals surface area (Å²) in [5.74, 6) is 1.32. The number of carbonyl (C=O) groups is 1. The maximum atomic E-state index is 12.4. The number of hydrogen-bond acceptors (Lipinski definition) is 5. The number of nitrogens with zero attached hydrogens (tertiary/aromatic N) is 2. The van der Waals surface area contributed by atoms with Gasteiger partial charge in [0.25, 0.3) is 0 Å². The molecule has 6 nitrogen and oxygen atoms in total. The number of carboxylic acid groups (broad SMARTS) is 1. The second kappa shape index (κ2) is 12.2. The first-order valence-electron chi connectivity index (χ1n) is 13.3. The van der Waals surface area contributed by atoms with Crippen molar-refractivity contribution in [3.8, 4) is 17.2 Å². The summed E-state index contributed by atoms with van der Waals surface area (Å²) in [6.45, 7) is 7.52. The lowest BCUT2D eigenvalue weighted by atomic mass is 9.86. The van der Waals surface area contributed by atoms with Gasteiger partial charge in [0.2, 0.25) is 5.89 Å². The van der Waals surface area contributed by atoms with Gasteiger partial charge in [-0.1, -0.05) is 57.4 Å². The molecule has 0 spiro atoms. The van der Waals surface area contributed by atoms with E-state index in [2.05, 4.69) is 23.7 Å². The highest BCUT2D eigenvalue weighted by atomic mass is 16.5. The smallest absolute Gasteiger partial charge is 0.325 e. The normalized spacial score (nSPS) is 17.6. The Kier molecular flexibility index (Phi) is 8.81. The van der Waals surface area contributed by atoms with E-state index in [0.717, 1.165) is 60.4 Å². The van der Waals surface area contributed by atoms with Crippen molar-refractivity contribution in [2.75, 3.05) is 13.2 Å². The first kappa shape index (κ1) is 26.0. The van der Waals surface area contributed by atoms with E-state index in [4.69, 9.17) is 9.15 Å². The lowest BCUT2D eigenvalue weighted by Crippen LogP contribution is -2.47. The molecule has 1 aromatic heterocycles. The minimum Gasteiger partial charge on any atom is -0.493 e. The van der Waals surface area contributed by atoms with Crippen LogP contribution in [-0.2, 0) is 17.6 Å². The number of aryl methyl sites for hydroxylation is 1. The van der Waals surface area contributed by atoms with Crippen LogP contribution in [0, 0.1) is 6.92 Å². The number of benzene rings is 2. The fraction of sp³-hybridized carbons (Fsp3) is 0.467. The molecule has 0 bridgehead atoms. The molecule has 1 N–H and O–H groups in total. The molecule has 2 atom stereocenters. The number of carboxylic acids is 1. The Hall–Kier alpha value is -3.12. The van der Waals surface area contributed by atoms with Crippen molar-refractivity contribution >= 4 is 5.97 Å². The third-order valence-corrected chi connectivity index (χ3v) is 7.16. The van der Waals surface area contributed by atoms with Gasteiger partial charge in [0, 0.05) is 18.0 Å². The highest BCUT2D eigenvalue weighted by molar-refractivity contribution is 5.77. The molecule has 6 heteroatoms. The van der Waals surface area contributed by atoms with Gasteiger partial charge in [0.1, 0.15) is 17.6 Å². The summed E-state index contributed by atoms with van der Waals surface area (Å²) in [6, 6.07) is 15.4. The number of oxazole rings is 1. The zero-order valence-corrected chi connectivity index (χ0v) is 21.7. The molecule has 36 heavy (non-hydrogen) atoms. The molecule has 0 saturated carbocycles. The van der Waals surface area contributed by atoms with E-state index in [9.17, 15) is 9.90 Å². The second-order valence-electron chi connectivity index (χ2n) is 9.65. The monoisotopic (exact) mass is 490 g/mol. The van der Waals surface area contributed by atoms with Gasteiger partial charge in [-0.25, -0.2) is 4.98 Å². The van der Waals surface area contributed by atoms with Crippen LogP contribution in [0.1, 0.15) is 74.6 Å². The summed E-state index contributed by atoms with van der Waals surface area (Å²) in [6.07, 6.45) is 6.96. The fourth-order valence-corrected chi connectivity index (χ4v) is 5.18. The third-order valence-electron chi connectivity index (χ3n) is 7.16. The van der Waals surface area contributed by atoms with Crippen molar-refractivity contribution in [3.63, 3.8) is 0 Å². The molecule has 4 rings (SSSR count). The molecule has 0 saturated heterocycles. The lowest BCUT2D eigenvalue weighted by Gasteiger charge is -2.41. The standard InChI is InChI=1S/C30H38N2O4/c1-4-6-7-11-17-32-24(5-2)19-23-14-15-25(20-26(23)28(32)30(33)34)35-18-16-27-21(3)36-29(31-27)22-12-9-8-10-13-22/h8-10,12-15,20,24,28H,4-7,11,16-19H2,1-3H3,(H,33,34)/t24-,28?/m0/s1. The minimum absolute atomic E-state index is 0.251. The van der Waals surface area contributed by atoms with Gasteiger partial charge in [-0.15, -0.1) is 0 Å². The van der Waals surface area contributed by atoms with E-state index in [1.54, 1.807) is 0 Å². The van der Waals surface area contributed by atoms with Crippen LogP contribution in [0.25, 0.3) is 11.5 Å². The molecule has 2 aromatic carbocycles. The molecule has 1 aliphatic heterocycles. The molecule has 2 heterocycles. The van der Waals surface area contributed by atoms with Crippen LogP contribution in [0.3, 0.4) is 0 Å². The van der Waals surface area contributed by atoms with Crippen LogP contribution >= 0.6 is 0 Å². The van der Waals surface area contributed by atoms with Gasteiger partial charge in [0.05, 0.1) is 12.3 Å². The number of fused-ring (bicyclic) bond motifs is 1. The van der Waals surface area contributed by atoms with E-state index in [-0.39, 0.29) is 6.04 Å². The van der Waals surface area contributed by atoms with Crippen LogP contribution in [0.15, 0.2) is 52.9 Å². The van der Waals surface area contributed by atoms with Gasteiger partial charge in [0.15, 0.2) is 0 Å². The van der Waals surface area contributed by atoms with E-state index < -0.39 is 12.0 Å². The van der Waals surface area contributed by atoms with E-state index >= 15 is 0 Å². The SMILES string of the molecule is CCCCCCN1C(C(=O)O)c2cc(OCCc3nc(-c4ccccc4)oc3C)ccc2C[C@@H]1CC. The Balaban J connectivity index is 1.45. The average Bonchev–Trinajstić information content (AvgIpc) is 3.26. The van der Waals surface area contributed by atoms with Crippen molar-refractivity contribution in [2.45, 2.75) is 77.8 Å². The van der Waals surface area contributed by atoms with Crippen molar-refractivity contribution in [2.24, 2.45) is 0 Å². The Labute approximate surface area is 214 Å². The summed E-state index contributed by atoms with van der Waals surface area (Å²) in [5, 5.41) is 10.2. The quantitative estimate of drug-likeness (QED) is 0.288. The Bertz CT molecular complexity index is 1140. The minimum atomic E-state index is -0.784. The van der Waals surface area contributed by atoms with Crippen molar-refractivity contribution in [1.29, 1.82) is 0 Å². The molecule has 0 fully saturated rings. The predicted octanol–water partition coefficient (Wildman–Crippen LogP) is 6.61. The van der Waals surface area contributed by atoms with Crippen molar-refractivity contribution in [1.82, 2.24) is 9.88 Å². The van der Waals surface area contributed by atoms with Crippen LogP contribution in [0.4, 0.5) is 0 Å². The molecule has 3 aromatic rings. The summed E-state index contributed by atoms with van der Waals surface area (Å²) in [7, 11) is 0. The molecule has 0 aliphatic carbocycles. The van der Waals surface area contributed by atoms with Gasteiger partial charge < -0.3 is 14.3 Å². The molecule has 1 aliphatic rings. The molecular weight excluding hydrogens is 452 g/mol. The maximum absolute atomic E-state index is 12.4. The highest BCUT2D eigenvalue weighted by Gasteiger charge is 2.37. The molecular formula is C30H38N2O4. The number of rotatable bonds is 12. The van der Waals surface area contributed by atoms with Gasteiger partial charge in [-0.2, -0.15) is 0 Å². The van der Waals surface area contributed by atoms with Gasteiger partial charge in [-0.05, 0) is 68.1 Å². The molecule has 192 valence electrons. The number of unbranched alkanes of at least 4 members (excludes halogenated alkanes) is 3. The first-order chi connectivity index (χ1) is 17.5. The summed E-state index contributed by atoms with van der Waals surface area (Å²) >= 11 is 0. The summed E-state index contributed by atoms with van der Waals surface area (Å²) in [4.78, 5) is 19.3.